The number of amides is 2. The van der Waals surface area contributed by atoms with Crippen molar-refractivity contribution in [3.05, 3.63) is 27.7 Å². The lowest BCUT2D eigenvalue weighted by Crippen LogP contribution is -2.26. The van der Waals surface area contributed by atoms with Crippen molar-refractivity contribution in [3.63, 3.8) is 0 Å². The maximum absolute atomic E-state index is 12.2. The first-order chi connectivity index (χ1) is 12.0. The van der Waals surface area contributed by atoms with Gasteiger partial charge in [-0.1, -0.05) is 18.3 Å². The third-order valence-electron chi connectivity index (χ3n) is 3.49. The third-order valence-corrected chi connectivity index (χ3v) is 5.20. The van der Waals surface area contributed by atoms with Crippen LogP contribution < -0.4 is 10.6 Å². The molecular weight excluding hydrogens is 360 g/mol. The lowest BCUT2D eigenvalue weighted by atomic mass is 10.2. The van der Waals surface area contributed by atoms with Gasteiger partial charge in [-0.3, -0.25) is 14.3 Å². The number of rotatable bonds is 6. The highest BCUT2D eigenvalue weighted by molar-refractivity contribution is 7.20. The van der Waals surface area contributed by atoms with Crippen molar-refractivity contribution < 1.29 is 9.59 Å². The Kier molecular flexibility index (Phi) is 5.09. The van der Waals surface area contributed by atoms with Gasteiger partial charge in [-0.25, -0.2) is 0 Å². The fourth-order valence-corrected chi connectivity index (χ4v) is 3.70. The van der Waals surface area contributed by atoms with Crippen LogP contribution in [0.5, 0.6) is 0 Å². The predicted molar refractivity (Wildman–Crippen MR) is 96.8 cm³/mol. The molecule has 0 atom stereocenters. The van der Waals surface area contributed by atoms with Gasteiger partial charge in [0.15, 0.2) is 5.69 Å². The molecular formula is C15H18N6O2S2. The Morgan fingerprint density at radius 3 is 2.76 bits per heavy atom. The number of carbonyl (C=O) groups is 2. The minimum atomic E-state index is -0.294. The molecule has 0 radical (unpaired) electrons. The first-order valence-electron chi connectivity index (χ1n) is 7.74. The predicted octanol–water partition coefficient (Wildman–Crippen LogP) is 1.80. The van der Waals surface area contributed by atoms with Gasteiger partial charge >= 0.3 is 0 Å². The number of carbonyl (C=O) groups excluding carboxylic acids is 2. The van der Waals surface area contributed by atoms with E-state index in [0.717, 1.165) is 21.7 Å². The summed E-state index contributed by atoms with van der Waals surface area (Å²) < 4.78 is 5.40. The van der Waals surface area contributed by atoms with E-state index in [0.29, 0.717) is 23.0 Å². The zero-order chi connectivity index (χ0) is 18.0. The van der Waals surface area contributed by atoms with E-state index in [1.54, 1.807) is 10.1 Å². The van der Waals surface area contributed by atoms with Crippen LogP contribution in [0, 0.1) is 5.92 Å². The Morgan fingerprint density at radius 1 is 1.28 bits per heavy atom. The van der Waals surface area contributed by atoms with Crippen molar-refractivity contribution in [2.45, 2.75) is 20.4 Å². The summed E-state index contributed by atoms with van der Waals surface area (Å²) in [6.45, 7) is 4.99. The SMILES string of the molecule is CC(C)CNC(=O)c1cc2c(CNC(=O)c3csnn3)nn(C)c2s1. The summed E-state index contributed by atoms with van der Waals surface area (Å²) in [4.78, 5) is 25.8. The fraction of sp³-hybridized carbons (Fsp3) is 0.400. The number of nitrogens with one attached hydrogen (secondary N) is 2. The van der Waals surface area contributed by atoms with Gasteiger partial charge in [0.05, 0.1) is 17.1 Å². The summed E-state index contributed by atoms with van der Waals surface area (Å²) in [7, 11) is 1.82. The Balaban J connectivity index is 1.75. The molecule has 10 heteroatoms. The summed E-state index contributed by atoms with van der Waals surface area (Å²) in [6.07, 6.45) is 0. The van der Waals surface area contributed by atoms with Gasteiger partial charge in [-0.05, 0) is 23.5 Å². The number of nitrogens with zero attached hydrogens (tertiary/aromatic N) is 4. The molecule has 25 heavy (non-hydrogen) atoms. The van der Waals surface area contributed by atoms with Crippen molar-refractivity contribution in [2.24, 2.45) is 13.0 Å². The van der Waals surface area contributed by atoms with E-state index in [1.165, 1.54) is 11.3 Å². The molecule has 0 fully saturated rings. The Morgan fingerprint density at radius 2 is 2.08 bits per heavy atom. The van der Waals surface area contributed by atoms with E-state index in [2.05, 4.69) is 25.3 Å². The van der Waals surface area contributed by atoms with Gasteiger partial charge in [0, 0.05) is 24.4 Å². The molecule has 132 valence electrons. The normalized spacial score (nSPS) is 11.2. The van der Waals surface area contributed by atoms with E-state index in [9.17, 15) is 9.59 Å². The van der Waals surface area contributed by atoms with Gasteiger partial charge in [-0.2, -0.15) is 5.10 Å². The summed E-state index contributed by atoms with van der Waals surface area (Å²) in [5.74, 6) is 0.0158. The minimum absolute atomic E-state index is 0.0848. The Hall–Kier alpha value is -2.33. The summed E-state index contributed by atoms with van der Waals surface area (Å²) in [5, 5.41) is 16.3. The first-order valence-corrected chi connectivity index (χ1v) is 9.40. The summed E-state index contributed by atoms with van der Waals surface area (Å²) in [6, 6.07) is 1.83. The third kappa shape index (κ3) is 3.85. The van der Waals surface area contributed by atoms with Crippen molar-refractivity contribution in [2.75, 3.05) is 6.54 Å². The van der Waals surface area contributed by atoms with Crippen LogP contribution in [0.4, 0.5) is 0 Å². The lowest BCUT2D eigenvalue weighted by Gasteiger charge is -2.05. The topological polar surface area (TPSA) is 102 Å². The molecule has 3 heterocycles. The molecule has 3 aromatic heterocycles. The molecule has 0 bridgehead atoms. The lowest BCUT2D eigenvalue weighted by molar-refractivity contribution is 0.0940. The molecule has 0 saturated carbocycles. The first kappa shape index (κ1) is 17.5. The van der Waals surface area contributed by atoms with Crippen LogP contribution >= 0.6 is 22.9 Å². The van der Waals surface area contributed by atoms with E-state index < -0.39 is 0 Å². The molecule has 0 aliphatic carbocycles. The molecule has 2 N–H and O–H groups in total. The van der Waals surface area contributed by atoms with Gasteiger partial charge in [0.25, 0.3) is 11.8 Å². The number of thiophene rings is 1. The average molecular weight is 378 g/mol. The van der Waals surface area contributed by atoms with E-state index in [-0.39, 0.29) is 24.1 Å². The van der Waals surface area contributed by atoms with Gasteiger partial charge in [0.1, 0.15) is 4.83 Å². The smallest absolute Gasteiger partial charge is 0.273 e. The van der Waals surface area contributed by atoms with E-state index >= 15 is 0 Å². The summed E-state index contributed by atoms with van der Waals surface area (Å²) >= 11 is 2.52. The molecule has 0 unspecified atom stereocenters. The molecule has 2 amide bonds. The molecule has 3 rings (SSSR count). The van der Waals surface area contributed by atoms with Crippen LogP contribution in [0.1, 0.15) is 39.7 Å². The second-order valence-corrected chi connectivity index (χ2v) is 7.62. The van der Waals surface area contributed by atoms with Crippen LogP contribution in [-0.2, 0) is 13.6 Å². The van der Waals surface area contributed by atoms with Crippen molar-refractivity contribution >= 4 is 44.9 Å². The fourth-order valence-electron chi connectivity index (χ4n) is 2.25. The molecule has 0 aliphatic heterocycles. The highest BCUT2D eigenvalue weighted by atomic mass is 32.1. The van der Waals surface area contributed by atoms with Crippen LogP contribution in [0.25, 0.3) is 10.2 Å². The van der Waals surface area contributed by atoms with Crippen LogP contribution in [0.2, 0.25) is 0 Å². The highest BCUT2D eigenvalue weighted by Gasteiger charge is 2.18. The van der Waals surface area contributed by atoms with Crippen LogP contribution in [0.3, 0.4) is 0 Å². The second kappa shape index (κ2) is 7.28. The Bertz CT molecular complexity index is 897. The standard InChI is InChI=1S/C15H18N6O2S2/c1-8(2)5-16-14(23)12-4-9-10(19-21(3)15(9)25-12)6-17-13(22)11-7-24-20-18-11/h4,7-8H,5-6H2,1-3H3,(H,16,23)(H,17,22). The quantitative estimate of drug-likeness (QED) is 0.681. The minimum Gasteiger partial charge on any atom is -0.351 e. The second-order valence-electron chi connectivity index (χ2n) is 5.98. The average Bonchev–Trinajstić information content (AvgIpc) is 3.29. The number of fused-ring (bicyclic) bond motifs is 1. The van der Waals surface area contributed by atoms with Crippen molar-refractivity contribution in [1.82, 2.24) is 30.0 Å². The van der Waals surface area contributed by atoms with Crippen LogP contribution in [0.15, 0.2) is 11.4 Å². The molecule has 8 nitrogen and oxygen atoms in total. The zero-order valence-corrected chi connectivity index (χ0v) is 15.7. The van der Waals surface area contributed by atoms with Gasteiger partial charge in [0.2, 0.25) is 0 Å². The molecule has 3 aromatic rings. The highest BCUT2D eigenvalue weighted by Crippen LogP contribution is 2.28. The number of hydrogen-bond acceptors (Lipinski definition) is 7. The van der Waals surface area contributed by atoms with Crippen molar-refractivity contribution in [1.29, 1.82) is 0 Å². The maximum atomic E-state index is 12.2. The Labute approximate surface area is 152 Å². The summed E-state index contributed by atoms with van der Waals surface area (Å²) in [5.41, 5.74) is 1.00. The molecule has 0 aliphatic rings. The number of aromatic nitrogens is 4. The van der Waals surface area contributed by atoms with E-state index in [4.69, 9.17) is 0 Å². The van der Waals surface area contributed by atoms with Crippen molar-refractivity contribution in [3.8, 4) is 0 Å². The van der Waals surface area contributed by atoms with Gasteiger partial charge < -0.3 is 10.6 Å². The monoisotopic (exact) mass is 378 g/mol. The maximum Gasteiger partial charge on any atom is 0.273 e. The largest absolute Gasteiger partial charge is 0.351 e. The van der Waals surface area contributed by atoms with Crippen LogP contribution in [-0.4, -0.2) is 37.7 Å². The molecule has 0 aromatic carbocycles. The molecule has 0 spiro atoms. The van der Waals surface area contributed by atoms with E-state index in [1.807, 2.05) is 27.0 Å². The number of hydrogen-bond donors (Lipinski definition) is 2. The van der Waals surface area contributed by atoms with Gasteiger partial charge in [-0.15, -0.1) is 16.4 Å². The zero-order valence-electron chi connectivity index (χ0n) is 14.1. The molecule has 0 saturated heterocycles. The number of aryl methyl sites for hydroxylation is 1.